The highest BCUT2D eigenvalue weighted by atomic mass is 17.2. The third-order valence-electron chi connectivity index (χ3n) is 6.42. The standard InChI is InChI=1S/C20H38O2.2CH2O3/c1-17(2,3)19(13-9-7-10-14-19)21-22-20(18(4,5)6)15-11-8-12-16-20;2*2-1(3)4/h7-16H2,1-6H3;2*(H2,2,3,4). The first-order valence-corrected chi connectivity index (χ1v) is 10.8. The molecule has 0 heterocycles. The zero-order valence-electron chi connectivity index (χ0n) is 19.5. The maximum absolute atomic E-state index is 8.56. The molecule has 0 saturated heterocycles. The van der Waals surface area contributed by atoms with Crippen molar-refractivity contribution in [3.05, 3.63) is 0 Å². The van der Waals surface area contributed by atoms with Crippen LogP contribution < -0.4 is 0 Å². The van der Waals surface area contributed by atoms with Gasteiger partial charge in [-0.15, -0.1) is 0 Å². The van der Waals surface area contributed by atoms with Crippen molar-refractivity contribution in [3.63, 3.8) is 0 Å². The molecule has 4 N–H and O–H groups in total. The highest BCUT2D eigenvalue weighted by Crippen LogP contribution is 2.50. The fourth-order valence-corrected chi connectivity index (χ4v) is 4.32. The molecule has 0 aromatic rings. The SMILES string of the molecule is CC(C)(C)C1(OOC2(C(C)(C)C)CCCCC2)CCCCC1.O=C(O)O.O=C(O)O. The molecule has 2 aliphatic carbocycles. The van der Waals surface area contributed by atoms with Crippen LogP contribution in [0.25, 0.3) is 0 Å². The van der Waals surface area contributed by atoms with Crippen molar-refractivity contribution in [1.29, 1.82) is 0 Å². The van der Waals surface area contributed by atoms with Crippen LogP contribution in [0.2, 0.25) is 0 Å². The predicted octanol–water partition coefficient (Wildman–Crippen LogP) is 6.88. The Bertz CT molecular complexity index is 462. The minimum absolute atomic E-state index is 0.110. The number of rotatable bonds is 3. The molecular weight excluding hydrogens is 392 g/mol. The van der Waals surface area contributed by atoms with E-state index >= 15 is 0 Å². The molecule has 30 heavy (non-hydrogen) atoms. The number of carbonyl (C=O) groups is 2. The van der Waals surface area contributed by atoms with Crippen LogP contribution in [0, 0.1) is 10.8 Å². The molecule has 2 rings (SSSR count). The van der Waals surface area contributed by atoms with Crippen LogP contribution in [-0.4, -0.2) is 43.9 Å². The van der Waals surface area contributed by atoms with Gasteiger partial charge in [0.25, 0.3) is 0 Å². The topological polar surface area (TPSA) is 134 Å². The lowest BCUT2D eigenvalue weighted by Gasteiger charge is -2.51. The van der Waals surface area contributed by atoms with Gasteiger partial charge in [0.05, 0.1) is 0 Å². The van der Waals surface area contributed by atoms with Gasteiger partial charge in [0.1, 0.15) is 11.2 Å². The second-order valence-corrected chi connectivity index (χ2v) is 10.3. The minimum Gasteiger partial charge on any atom is -0.450 e. The van der Waals surface area contributed by atoms with E-state index in [1.165, 1.54) is 38.5 Å². The molecule has 0 aliphatic heterocycles. The van der Waals surface area contributed by atoms with Crippen LogP contribution in [-0.2, 0) is 9.78 Å². The zero-order valence-corrected chi connectivity index (χ0v) is 19.5. The molecule has 0 amide bonds. The van der Waals surface area contributed by atoms with E-state index in [1.807, 2.05) is 0 Å². The first-order chi connectivity index (χ1) is 13.6. The molecule has 2 saturated carbocycles. The summed E-state index contributed by atoms with van der Waals surface area (Å²) in [6, 6.07) is 0. The second-order valence-electron chi connectivity index (χ2n) is 10.3. The molecular formula is C22H42O8. The lowest BCUT2D eigenvalue weighted by molar-refractivity contribution is -0.453. The van der Waals surface area contributed by atoms with Crippen molar-refractivity contribution in [2.24, 2.45) is 10.8 Å². The third-order valence-corrected chi connectivity index (χ3v) is 6.42. The summed E-state index contributed by atoms with van der Waals surface area (Å²) in [7, 11) is 0. The van der Waals surface area contributed by atoms with E-state index in [0.717, 1.165) is 25.7 Å². The third kappa shape index (κ3) is 9.08. The van der Waals surface area contributed by atoms with Gasteiger partial charge in [-0.1, -0.05) is 80.1 Å². The van der Waals surface area contributed by atoms with E-state index < -0.39 is 12.3 Å². The van der Waals surface area contributed by atoms with E-state index in [-0.39, 0.29) is 22.0 Å². The van der Waals surface area contributed by atoms with E-state index in [0.29, 0.717) is 0 Å². The van der Waals surface area contributed by atoms with Gasteiger partial charge in [0, 0.05) is 0 Å². The monoisotopic (exact) mass is 434 g/mol. The molecule has 0 spiro atoms. The van der Waals surface area contributed by atoms with Crippen LogP contribution in [0.1, 0.15) is 106 Å². The molecule has 178 valence electrons. The highest BCUT2D eigenvalue weighted by Gasteiger charge is 2.50. The fraction of sp³-hybridized carbons (Fsp3) is 0.909. The summed E-state index contributed by atoms with van der Waals surface area (Å²) in [5.41, 5.74) is 0.0320. The van der Waals surface area contributed by atoms with Crippen LogP contribution in [0.15, 0.2) is 0 Å². The van der Waals surface area contributed by atoms with Gasteiger partial charge in [-0.3, -0.25) is 0 Å². The zero-order chi connectivity index (χ0) is 23.6. The van der Waals surface area contributed by atoms with Crippen molar-refractivity contribution in [1.82, 2.24) is 0 Å². The molecule has 0 aromatic carbocycles. The average molecular weight is 435 g/mol. The minimum atomic E-state index is -1.83. The Morgan fingerprint density at radius 2 is 0.767 bits per heavy atom. The second kappa shape index (κ2) is 11.7. The largest absolute Gasteiger partial charge is 0.503 e. The van der Waals surface area contributed by atoms with Crippen molar-refractivity contribution < 1.29 is 39.8 Å². The van der Waals surface area contributed by atoms with Gasteiger partial charge in [0.2, 0.25) is 0 Å². The van der Waals surface area contributed by atoms with Crippen LogP contribution in [0.3, 0.4) is 0 Å². The summed E-state index contributed by atoms with van der Waals surface area (Å²) in [5.74, 6) is 0. The average Bonchev–Trinajstić information content (AvgIpc) is 2.59. The van der Waals surface area contributed by atoms with Crippen LogP contribution >= 0.6 is 0 Å². The van der Waals surface area contributed by atoms with Gasteiger partial charge in [-0.05, 0) is 36.5 Å². The summed E-state index contributed by atoms with van der Waals surface area (Å²) in [4.78, 5) is 29.9. The van der Waals surface area contributed by atoms with Gasteiger partial charge >= 0.3 is 12.3 Å². The summed E-state index contributed by atoms with van der Waals surface area (Å²) in [6.45, 7) is 13.9. The summed E-state index contributed by atoms with van der Waals surface area (Å²) in [6.07, 6.45) is 8.62. The lowest BCUT2D eigenvalue weighted by Crippen LogP contribution is -2.53. The Morgan fingerprint density at radius 3 is 0.933 bits per heavy atom. The first kappa shape index (κ1) is 28.5. The Kier molecular flexibility index (Phi) is 11.1. The Hall–Kier alpha value is -1.54. The molecule has 0 atom stereocenters. The molecule has 0 unspecified atom stereocenters. The van der Waals surface area contributed by atoms with Crippen molar-refractivity contribution in [2.45, 2.75) is 117 Å². The molecule has 8 heteroatoms. The summed E-state index contributed by atoms with van der Waals surface area (Å²) < 4.78 is 0. The van der Waals surface area contributed by atoms with Gasteiger partial charge < -0.3 is 20.4 Å². The molecule has 0 aromatic heterocycles. The van der Waals surface area contributed by atoms with Crippen molar-refractivity contribution >= 4 is 12.3 Å². The Labute approximate surface area is 180 Å². The molecule has 0 bridgehead atoms. The number of hydrogen-bond donors (Lipinski definition) is 4. The lowest BCUT2D eigenvalue weighted by atomic mass is 9.67. The van der Waals surface area contributed by atoms with E-state index in [2.05, 4.69) is 41.5 Å². The Morgan fingerprint density at radius 1 is 0.567 bits per heavy atom. The van der Waals surface area contributed by atoms with Crippen LogP contribution in [0.4, 0.5) is 9.59 Å². The summed E-state index contributed by atoms with van der Waals surface area (Å²) >= 11 is 0. The van der Waals surface area contributed by atoms with E-state index in [4.69, 9.17) is 39.8 Å². The number of carboxylic acid groups (broad SMARTS) is 4. The summed E-state index contributed by atoms with van der Waals surface area (Å²) in [5, 5.41) is 27.9. The maximum atomic E-state index is 8.56. The molecule has 0 radical (unpaired) electrons. The highest BCUT2D eigenvalue weighted by molar-refractivity contribution is 5.53. The molecule has 8 nitrogen and oxygen atoms in total. The van der Waals surface area contributed by atoms with Gasteiger partial charge in [0.15, 0.2) is 0 Å². The van der Waals surface area contributed by atoms with Crippen molar-refractivity contribution in [3.8, 4) is 0 Å². The molecule has 2 aliphatic rings. The van der Waals surface area contributed by atoms with Gasteiger partial charge in [-0.2, -0.15) is 0 Å². The van der Waals surface area contributed by atoms with Gasteiger partial charge in [-0.25, -0.2) is 19.4 Å². The quantitative estimate of drug-likeness (QED) is 0.279. The fourth-order valence-electron chi connectivity index (χ4n) is 4.32. The van der Waals surface area contributed by atoms with Crippen LogP contribution in [0.5, 0.6) is 0 Å². The first-order valence-electron chi connectivity index (χ1n) is 10.8. The van der Waals surface area contributed by atoms with Crippen molar-refractivity contribution in [2.75, 3.05) is 0 Å². The predicted molar refractivity (Wildman–Crippen MR) is 114 cm³/mol. The smallest absolute Gasteiger partial charge is 0.450 e. The normalized spacial score (nSPS) is 20.6. The van der Waals surface area contributed by atoms with E-state index in [9.17, 15) is 0 Å². The maximum Gasteiger partial charge on any atom is 0.503 e. The Balaban J connectivity index is 0.000000901. The number of hydrogen-bond acceptors (Lipinski definition) is 4. The van der Waals surface area contributed by atoms with E-state index in [1.54, 1.807) is 0 Å². The molecule has 2 fully saturated rings.